The van der Waals surface area contributed by atoms with Gasteiger partial charge in [0.05, 0.1) is 24.5 Å². The molecule has 2 aromatic carbocycles. The first-order valence-corrected chi connectivity index (χ1v) is 7.99. The fourth-order valence-electron chi connectivity index (χ4n) is 2.61. The average Bonchev–Trinajstić information content (AvgIpc) is 2.63. The third kappa shape index (κ3) is 3.63. The molecule has 5 heteroatoms. The first-order valence-electron chi connectivity index (χ1n) is 7.99. The number of nitrogens with zero attached hydrogens (tertiary/aromatic N) is 1. The number of hydrogen-bond acceptors (Lipinski definition) is 3. The summed E-state index contributed by atoms with van der Waals surface area (Å²) in [5.74, 6) is -0.310. The van der Waals surface area contributed by atoms with E-state index >= 15 is 0 Å². The smallest absolute Gasteiger partial charge is 0.256 e. The molecular formula is C19H20N2O3. The van der Waals surface area contributed by atoms with Gasteiger partial charge < -0.3 is 15.0 Å². The van der Waals surface area contributed by atoms with Crippen LogP contribution in [0.2, 0.25) is 0 Å². The van der Waals surface area contributed by atoms with Crippen molar-refractivity contribution in [1.82, 2.24) is 4.90 Å². The summed E-state index contributed by atoms with van der Waals surface area (Å²) in [5.41, 5.74) is 2.68. The molecule has 124 valence electrons. The summed E-state index contributed by atoms with van der Waals surface area (Å²) in [7, 11) is 0. The number of morpholine rings is 1. The van der Waals surface area contributed by atoms with Crippen LogP contribution in [-0.4, -0.2) is 43.0 Å². The van der Waals surface area contributed by atoms with Crippen molar-refractivity contribution < 1.29 is 14.3 Å². The number of hydrogen-bond donors (Lipinski definition) is 1. The third-order valence-electron chi connectivity index (χ3n) is 4.02. The van der Waals surface area contributed by atoms with Crippen LogP contribution in [-0.2, 0) is 4.74 Å². The SMILES string of the molecule is Cc1ccc(C(=O)Nc2ccccc2C(=O)N2CCOCC2)cc1. The van der Waals surface area contributed by atoms with E-state index in [1.165, 1.54) is 0 Å². The zero-order chi connectivity index (χ0) is 16.9. The molecule has 1 aliphatic heterocycles. The van der Waals surface area contributed by atoms with Crippen LogP contribution < -0.4 is 5.32 Å². The molecule has 1 aliphatic rings. The van der Waals surface area contributed by atoms with E-state index in [0.29, 0.717) is 43.1 Å². The second-order valence-corrected chi connectivity index (χ2v) is 5.77. The second-order valence-electron chi connectivity index (χ2n) is 5.77. The summed E-state index contributed by atoms with van der Waals surface area (Å²) in [4.78, 5) is 26.9. The van der Waals surface area contributed by atoms with Gasteiger partial charge in [-0.25, -0.2) is 0 Å². The Hall–Kier alpha value is -2.66. The topological polar surface area (TPSA) is 58.6 Å². The van der Waals surface area contributed by atoms with Crippen molar-refractivity contribution >= 4 is 17.5 Å². The van der Waals surface area contributed by atoms with Gasteiger partial charge >= 0.3 is 0 Å². The highest BCUT2D eigenvalue weighted by Crippen LogP contribution is 2.19. The highest BCUT2D eigenvalue weighted by Gasteiger charge is 2.21. The lowest BCUT2D eigenvalue weighted by molar-refractivity contribution is 0.0303. The standard InChI is InChI=1S/C19H20N2O3/c1-14-6-8-15(9-7-14)18(22)20-17-5-3-2-4-16(17)19(23)21-10-12-24-13-11-21/h2-9H,10-13H2,1H3,(H,20,22). The lowest BCUT2D eigenvalue weighted by Gasteiger charge is -2.27. The first-order chi connectivity index (χ1) is 11.6. The highest BCUT2D eigenvalue weighted by molar-refractivity contribution is 6.09. The number of rotatable bonds is 3. The zero-order valence-corrected chi connectivity index (χ0v) is 13.6. The monoisotopic (exact) mass is 324 g/mol. The Bertz CT molecular complexity index is 735. The van der Waals surface area contributed by atoms with E-state index in [1.54, 1.807) is 41.3 Å². The Balaban J connectivity index is 1.79. The largest absolute Gasteiger partial charge is 0.378 e. The van der Waals surface area contributed by atoms with E-state index in [4.69, 9.17) is 4.74 Å². The minimum atomic E-state index is -0.225. The van der Waals surface area contributed by atoms with Gasteiger partial charge in [-0.05, 0) is 31.2 Å². The Kier molecular flexibility index (Phi) is 4.91. The van der Waals surface area contributed by atoms with Crippen LogP contribution in [0, 0.1) is 6.92 Å². The van der Waals surface area contributed by atoms with E-state index in [2.05, 4.69) is 5.32 Å². The van der Waals surface area contributed by atoms with E-state index in [9.17, 15) is 9.59 Å². The maximum absolute atomic E-state index is 12.7. The van der Waals surface area contributed by atoms with Crippen molar-refractivity contribution in [1.29, 1.82) is 0 Å². The first kappa shape index (κ1) is 16.2. The van der Waals surface area contributed by atoms with Crippen molar-refractivity contribution in [2.75, 3.05) is 31.6 Å². The molecule has 1 saturated heterocycles. The van der Waals surface area contributed by atoms with Crippen molar-refractivity contribution in [2.45, 2.75) is 6.92 Å². The summed E-state index contributed by atoms with van der Waals surface area (Å²) in [5, 5.41) is 2.85. The molecule has 1 fully saturated rings. The summed E-state index contributed by atoms with van der Waals surface area (Å²) >= 11 is 0. The van der Waals surface area contributed by atoms with E-state index < -0.39 is 0 Å². The molecule has 0 atom stereocenters. The van der Waals surface area contributed by atoms with Crippen molar-refractivity contribution in [3.63, 3.8) is 0 Å². The van der Waals surface area contributed by atoms with Gasteiger partial charge in [-0.2, -0.15) is 0 Å². The highest BCUT2D eigenvalue weighted by atomic mass is 16.5. The maximum Gasteiger partial charge on any atom is 0.256 e. The number of amides is 2. The fourth-order valence-corrected chi connectivity index (χ4v) is 2.61. The van der Waals surface area contributed by atoms with Gasteiger partial charge in [-0.3, -0.25) is 9.59 Å². The van der Waals surface area contributed by atoms with Gasteiger partial charge in [0, 0.05) is 18.7 Å². The van der Waals surface area contributed by atoms with Crippen molar-refractivity contribution in [2.24, 2.45) is 0 Å². The molecule has 1 heterocycles. The van der Waals surface area contributed by atoms with Gasteiger partial charge in [0.25, 0.3) is 11.8 Å². The lowest BCUT2D eigenvalue weighted by atomic mass is 10.1. The van der Waals surface area contributed by atoms with Gasteiger partial charge in [-0.1, -0.05) is 29.8 Å². The van der Waals surface area contributed by atoms with E-state index in [-0.39, 0.29) is 11.8 Å². The molecule has 0 aliphatic carbocycles. The Morgan fingerprint density at radius 2 is 1.67 bits per heavy atom. The normalized spacial score (nSPS) is 14.3. The molecule has 0 bridgehead atoms. The minimum Gasteiger partial charge on any atom is -0.378 e. The van der Waals surface area contributed by atoms with E-state index in [1.807, 2.05) is 19.1 Å². The average molecular weight is 324 g/mol. The number of anilines is 1. The zero-order valence-electron chi connectivity index (χ0n) is 13.6. The second kappa shape index (κ2) is 7.27. The predicted molar refractivity (Wildman–Crippen MR) is 92.3 cm³/mol. The molecule has 0 saturated carbocycles. The number of ether oxygens (including phenoxy) is 1. The van der Waals surface area contributed by atoms with Gasteiger partial charge in [0.2, 0.25) is 0 Å². The Labute approximate surface area is 141 Å². The number of carbonyl (C=O) groups is 2. The van der Waals surface area contributed by atoms with Crippen LogP contribution >= 0.6 is 0 Å². The molecule has 0 spiro atoms. The predicted octanol–water partition coefficient (Wildman–Crippen LogP) is 2.72. The molecule has 5 nitrogen and oxygen atoms in total. The Morgan fingerprint density at radius 1 is 1.00 bits per heavy atom. The maximum atomic E-state index is 12.7. The summed E-state index contributed by atoms with van der Waals surface area (Å²) < 4.78 is 5.28. The fraction of sp³-hybridized carbons (Fsp3) is 0.263. The Morgan fingerprint density at radius 3 is 2.38 bits per heavy atom. The molecule has 2 aromatic rings. The molecule has 0 aromatic heterocycles. The number of para-hydroxylation sites is 1. The van der Waals surface area contributed by atoms with E-state index in [0.717, 1.165) is 5.56 Å². The number of nitrogens with one attached hydrogen (secondary N) is 1. The quantitative estimate of drug-likeness (QED) is 0.944. The van der Waals surface area contributed by atoms with Gasteiger partial charge in [-0.15, -0.1) is 0 Å². The molecule has 0 radical (unpaired) electrons. The lowest BCUT2D eigenvalue weighted by Crippen LogP contribution is -2.41. The van der Waals surface area contributed by atoms with Gasteiger partial charge in [0.15, 0.2) is 0 Å². The van der Waals surface area contributed by atoms with Crippen molar-refractivity contribution in [3.05, 3.63) is 65.2 Å². The van der Waals surface area contributed by atoms with Crippen LogP contribution in [0.3, 0.4) is 0 Å². The molecule has 1 N–H and O–H groups in total. The molecule has 3 rings (SSSR count). The summed E-state index contributed by atoms with van der Waals surface area (Å²) in [6.07, 6.45) is 0. The van der Waals surface area contributed by atoms with Crippen LogP contribution in [0.25, 0.3) is 0 Å². The van der Waals surface area contributed by atoms with Crippen LogP contribution in [0.5, 0.6) is 0 Å². The number of benzene rings is 2. The van der Waals surface area contributed by atoms with Crippen LogP contribution in [0.15, 0.2) is 48.5 Å². The van der Waals surface area contributed by atoms with Gasteiger partial charge in [0.1, 0.15) is 0 Å². The molecular weight excluding hydrogens is 304 g/mol. The number of carbonyl (C=O) groups excluding carboxylic acids is 2. The molecule has 2 amide bonds. The van der Waals surface area contributed by atoms with Crippen LogP contribution in [0.4, 0.5) is 5.69 Å². The van der Waals surface area contributed by atoms with Crippen molar-refractivity contribution in [3.8, 4) is 0 Å². The molecule has 0 unspecified atom stereocenters. The summed E-state index contributed by atoms with van der Waals surface area (Å²) in [6.45, 7) is 4.20. The third-order valence-corrected chi connectivity index (χ3v) is 4.02. The van der Waals surface area contributed by atoms with Crippen LogP contribution in [0.1, 0.15) is 26.3 Å². The number of aryl methyl sites for hydroxylation is 1. The molecule has 24 heavy (non-hydrogen) atoms. The summed E-state index contributed by atoms with van der Waals surface area (Å²) in [6, 6.07) is 14.4. The minimum absolute atomic E-state index is 0.0851.